The van der Waals surface area contributed by atoms with E-state index in [2.05, 4.69) is 21.2 Å². The second kappa shape index (κ2) is 5.36. The predicted molar refractivity (Wildman–Crippen MR) is 71.9 cm³/mol. The molecule has 3 nitrogen and oxygen atoms in total. The average Bonchev–Trinajstić information content (AvgIpc) is 2.79. The number of hydrogen-bond acceptors (Lipinski definition) is 2. The second-order valence-corrected chi connectivity index (χ2v) is 5.50. The molecule has 0 bridgehead atoms. The molecule has 5 heteroatoms. The van der Waals surface area contributed by atoms with Crippen molar-refractivity contribution in [2.45, 2.75) is 18.6 Å². The molecule has 0 saturated carbocycles. The van der Waals surface area contributed by atoms with Gasteiger partial charge in [0, 0.05) is 31.0 Å². The number of amides is 1. The molecule has 0 unspecified atom stereocenters. The van der Waals surface area contributed by atoms with E-state index in [1.165, 1.54) is 4.90 Å². The summed E-state index contributed by atoms with van der Waals surface area (Å²) < 4.78 is 15.2. The molecule has 0 radical (unpaired) electrons. The number of hydrogen-bond donors (Lipinski definition) is 1. The van der Waals surface area contributed by atoms with Gasteiger partial charge in [0.25, 0.3) is 5.91 Å². The van der Waals surface area contributed by atoms with E-state index in [1.54, 1.807) is 7.05 Å². The number of nitrogens with one attached hydrogen (secondary N) is 1. The Kier molecular flexibility index (Phi) is 4.02. The quantitative estimate of drug-likeness (QED) is 0.926. The molecule has 0 aliphatic carbocycles. The maximum Gasteiger partial charge on any atom is 0.261 e. The monoisotopic (exact) mass is 314 g/mol. The highest BCUT2D eigenvalue weighted by atomic mass is 79.9. The first-order valence-electron chi connectivity index (χ1n) is 5.91. The van der Waals surface area contributed by atoms with Crippen LogP contribution in [0.4, 0.5) is 4.39 Å². The van der Waals surface area contributed by atoms with Gasteiger partial charge in [-0.1, -0.05) is 34.1 Å². The fourth-order valence-electron chi connectivity index (χ4n) is 2.14. The Morgan fingerprint density at radius 3 is 2.89 bits per heavy atom. The normalized spacial score (nSPS) is 23.1. The van der Waals surface area contributed by atoms with E-state index >= 15 is 0 Å². The molecule has 1 N–H and O–H groups in total. The number of nitrogens with zero attached hydrogens (tertiary/aromatic N) is 1. The first-order valence-corrected chi connectivity index (χ1v) is 6.71. The van der Waals surface area contributed by atoms with Crippen molar-refractivity contribution in [1.82, 2.24) is 10.2 Å². The Bertz CT molecular complexity index is 446. The zero-order valence-corrected chi connectivity index (χ0v) is 11.8. The zero-order chi connectivity index (χ0) is 13.2. The van der Waals surface area contributed by atoms with Crippen molar-refractivity contribution in [3.8, 4) is 0 Å². The van der Waals surface area contributed by atoms with Crippen molar-refractivity contribution in [2.24, 2.45) is 0 Å². The molecular formula is C13H16BrFN2O. The average molecular weight is 315 g/mol. The fraction of sp³-hybridized carbons (Fsp3) is 0.462. The summed E-state index contributed by atoms with van der Waals surface area (Å²) in [6, 6.07) is 7.65. The lowest BCUT2D eigenvalue weighted by molar-refractivity contribution is -0.142. The summed E-state index contributed by atoms with van der Waals surface area (Å²) in [5.74, 6) is -0.441. The Morgan fingerprint density at radius 2 is 2.28 bits per heavy atom. The Labute approximate surface area is 114 Å². The molecule has 0 aromatic heterocycles. The van der Waals surface area contributed by atoms with E-state index in [-0.39, 0.29) is 13.0 Å². The van der Waals surface area contributed by atoms with Crippen molar-refractivity contribution < 1.29 is 9.18 Å². The van der Waals surface area contributed by atoms with Crippen molar-refractivity contribution in [3.63, 3.8) is 0 Å². The molecule has 98 valence electrons. The van der Waals surface area contributed by atoms with Crippen LogP contribution in [-0.4, -0.2) is 36.6 Å². The third-order valence-corrected chi connectivity index (χ3v) is 3.97. The lowest BCUT2D eigenvalue weighted by atomic mass is 10.0. The van der Waals surface area contributed by atoms with E-state index in [4.69, 9.17) is 0 Å². The van der Waals surface area contributed by atoms with Gasteiger partial charge in [-0.05, 0) is 18.2 Å². The highest BCUT2D eigenvalue weighted by Crippen LogP contribution is 2.24. The number of carbonyl (C=O) groups is 1. The largest absolute Gasteiger partial charge is 0.339 e. The van der Waals surface area contributed by atoms with Crippen LogP contribution < -0.4 is 5.32 Å². The standard InChI is InChI=1S/C13H16BrFN2O/c1-17(8-10-4-2-3-5-11(10)14)12(18)13(15)6-7-16-9-13/h2-5,16H,6-9H2,1H3/t13-/m1/s1. The number of benzene rings is 1. The molecular weight excluding hydrogens is 299 g/mol. The van der Waals surface area contributed by atoms with Gasteiger partial charge in [0.1, 0.15) is 0 Å². The molecule has 1 saturated heterocycles. The van der Waals surface area contributed by atoms with Crippen LogP contribution in [-0.2, 0) is 11.3 Å². The SMILES string of the molecule is CN(Cc1ccccc1Br)C(=O)[C@@]1(F)CCNC1. The Morgan fingerprint density at radius 1 is 1.56 bits per heavy atom. The van der Waals surface area contributed by atoms with Crippen molar-refractivity contribution in [1.29, 1.82) is 0 Å². The minimum Gasteiger partial charge on any atom is -0.339 e. The smallest absolute Gasteiger partial charge is 0.261 e. The van der Waals surface area contributed by atoms with Gasteiger partial charge in [-0.25, -0.2) is 4.39 Å². The maximum atomic E-state index is 14.3. The van der Waals surface area contributed by atoms with Crippen LogP contribution in [0.2, 0.25) is 0 Å². The summed E-state index contributed by atoms with van der Waals surface area (Å²) in [5, 5.41) is 2.89. The van der Waals surface area contributed by atoms with Crippen LogP contribution >= 0.6 is 15.9 Å². The summed E-state index contributed by atoms with van der Waals surface area (Å²) >= 11 is 3.43. The first-order chi connectivity index (χ1) is 8.53. The van der Waals surface area contributed by atoms with Crippen LogP contribution in [0, 0.1) is 0 Å². The van der Waals surface area contributed by atoms with Gasteiger partial charge in [0.05, 0.1) is 0 Å². The molecule has 0 spiro atoms. The molecule has 1 atom stereocenters. The summed E-state index contributed by atoms with van der Waals surface area (Å²) in [6.45, 7) is 1.09. The van der Waals surface area contributed by atoms with Gasteiger partial charge in [0.2, 0.25) is 5.67 Å². The van der Waals surface area contributed by atoms with Gasteiger partial charge >= 0.3 is 0 Å². The van der Waals surface area contributed by atoms with E-state index in [0.29, 0.717) is 13.1 Å². The molecule has 2 rings (SSSR count). The maximum absolute atomic E-state index is 14.3. The minimum atomic E-state index is -1.74. The number of halogens is 2. The van der Waals surface area contributed by atoms with E-state index < -0.39 is 11.6 Å². The molecule has 1 aliphatic heterocycles. The van der Waals surface area contributed by atoms with Gasteiger partial charge in [-0.3, -0.25) is 4.79 Å². The molecule has 1 aromatic carbocycles. The third-order valence-electron chi connectivity index (χ3n) is 3.20. The third kappa shape index (κ3) is 2.72. The lowest BCUT2D eigenvalue weighted by Gasteiger charge is -2.25. The summed E-state index contributed by atoms with van der Waals surface area (Å²) in [7, 11) is 1.64. The number of alkyl halides is 1. The lowest BCUT2D eigenvalue weighted by Crippen LogP contribution is -2.45. The molecule has 18 heavy (non-hydrogen) atoms. The first kappa shape index (κ1) is 13.5. The van der Waals surface area contributed by atoms with E-state index in [1.807, 2.05) is 24.3 Å². The number of carbonyl (C=O) groups excluding carboxylic acids is 1. The Balaban J connectivity index is 2.06. The van der Waals surface area contributed by atoms with Crippen LogP contribution in [0.15, 0.2) is 28.7 Å². The molecule has 1 amide bonds. The molecule has 1 aliphatic rings. The Hall–Kier alpha value is -0.940. The van der Waals surface area contributed by atoms with Crippen molar-refractivity contribution >= 4 is 21.8 Å². The van der Waals surface area contributed by atoms with Crippen LogP contribution in [0.1, 0.15) is 12.0 Å². The van der Waals surface area contributed by atoms with E-state index in [9.17, 15) is 9.18 Å². The topological polar surface area (TPSA) is 32.3 Å². The molecule has 1 heterocycles. The predicted octanol–water partition coefficient (Wildman–Crippen LogP) is 2.11. The molecule has 1 aromatic rings. The number of rotatable bonds is 3. The van der Waals surface area contributed by atoms with Gasteiger partial charge in [-0.15, -0.1) is 0 Å². The summed E-state index contributed by atoms with van der Waals surface area (Å²) in [6.07, 6.45) is 0.256. The van der Waals surface area contributed by atoms with E-state index in [0.717, 1.165) is 10.0 Å². The highest BCUT2D eigenvalue weighted by Gasteiger charge is 2.43. The van der Waals surface area contributed by atoms with Crippen LogP contribution in [0.3, 0.4) is 0 Å². The second-order valence-electron chi connectivity index (χ2n) is 4.64. The van der Waals surface area contributed by atoms with Gasteiger partial charge in [-0.2, -0.15) is 0 Å². The minimum absolute atomic E-state index is 0.117. The fourth-order valence-corrected chi connectivity index (χ4v) is 2.55. The van der Waals surface area contributed by atoms with Crippen molar-refractivity contribution in [3.05, 3.63) is 34.3 Å². The van der Waals surface area contributed by atoms with Gasteiger partial charge < -0.3 is 10.2 Å². The van der Waals surface area contributed by atoms with Gasteiger partial charge in [0.15, 0.2) is 0 Å². The van der Waals surface area contributed by atoms with Crippen molar-refractivity contribution in [2.75, 3.05) is 20.1 Å². The highest BCUT2D eigenvalue weighted by molar-refractivity contribution is 9.10. The summed E-state index contributed by atoms with van der Waals surface area (Å²) in [5.41, 5.74) is -0.765. The molecule has 1 fully saturated rings. The summed E-state index contributed by atoms with van der Waals surface area (Å²) in [4.78, 5) is 13.5. The van der Waals surface area contributed by atoms with Crippen LogP contribution in [0.25, 0.3) is 0 Å². The zero-order valence-electron chi connectivity index (χ0n) is 10.2. The van der Waals surface area contributed by atoms with Crippen LogP contribution in [0.5, 0.6) is 0 Å².